The lowest BCUT2D eigenvalue weighted by Crippen LogP contribution is -2.21. The standard InChI is InChI=1S/C17H26BrNO2/c1-20-11-10-19-13-14-12-15(18)8-9-17(14)21-16-6-4-2-3-5-7-16/h8-9,12,16,19H,2-7,10-11,13H2,1H3. The minimum Gasteiger partial charge on any atom is -0.490 e. The van der Waals surface area contributed by atoms with E-state index in [1.165, 1.54) is 44.1 Å². The molecule has 2 rings (SSSR count). The summed E-state index contributed by atoms with van der Waals surface area (Å²) in [7, 11) is 1.72. The Balaban J connectivity index is 1.96. The van der Waals surface area contributed by atoms with Gasteiger partial charge in [-0.2, -0.15) is 0 Å². The summed E-state index contributed by atoms with van der Waals surface area (Å²) in [6.07, 6.45) is 8.05. The third-order valence-electron chi connectivity index (χ3n) is 3.92. The van der Waals surface area contributed by atoms with E-state index in [0.29, 0.717) is 6.10 Å². The largest absolute Gasteiger partial charge is 0.490 e. The molecular weight excluding hydrogens is 330 g/mol. The van der Waals surface area contributed by atoms with E-state index in [1.54, 1.807) is 7.11 Å². The monoisotopic (exact) mass is 355 g/mol. The van der Waals surface area contributed by atoms with Crippen molar-refractivity contribution in [2.75, 3.05) is 20.3 Å². The molecule has 0 aliphatic heterocycles. The predicted octanol–water partition coefficient (Wildman–Crippen LogP) is 4.29. The van der Waals surface area contributed by atoms with Gasteiger partial charge >= 0.3 is 0 Å². The second-order valence-corrected chi connectivity index (χ2v) is 6.57. The van der Waals surface area contributed by atoms with Crippen LogP contribution in [0.5, 0.6) is 5.75 Å². The molecule has 0 spiro atoms. The number of halogens is 1. The van der Waals surface area contributed by atoms with Gasteiger partial charge in [-0.1, -0.05) is 28.8 Å². The Bertz CT molecular complexity index is 417. The Morgan fingerprint density at radius 3 is 2.67 bits per heavy atom. The zero-order valence-corrected chi connectivity index (χ0v) is 14.5. The molecule has 1 saturated carbocycles. The van der Waals surface area contributed by atoms with Gasteiger partial charge in [0.1, 0.15) is 5.75 Å². The second-order valence-electron chi connectivity index (χ2n) is 5.65. The minimum absolute atomic E-state index is 0.381. The summed E-state index contributed by atoms with van der Waals surface area (Å²) in [6, 6.07) is 6.29. The molecule has 1 aliphatic carbocycles. The van der Waals surface area contributed by atoms with E-state index < -0.39 is 0 Å². The summed E-state index contributed by atoms with van der Waals surface area (Å²) in [5.74, 6) is 1.02. The quantitative estimate of drug-likeness (QED) is 0.584. The zero-order valence-electron chi connectivity index (χ0n) is 12.9. The van der Waals surface area contributed by atoms with Crippen molar-refractivity contribution in [3.63, 3.8) is 0 Å². The van der Waals surface area contributed by atoms with Crippen LogP contribution in [0, 0.1) is 0 Å². The van der Waals surface area contributed by atoms with Crippen LogP contribution in [-0.4, -0.2) is 26.4 Å². The van der Waals surface area contributed by atoms with Crippen LogP contribution < -0.4 is 10.1 Å². The lowest BCUT2D eigenvalue weighted by molar-refractivity contribution is 0.180. The number of ether oxygens (including phenoxy) is 2. The third kappa shape index (κ3) is 5.97. The van der Waals surface area contributed by atoms with Crippen LogP contribution >= 0.6 is 15.9 Å². The van der Waals surface area contributed by atoms with Crippen molar-refractivity contribution in [3.05, 3.63) is 28.2 Å². The van der Waals surface area contributed by atoms with Gasteiger partial charge in [0.05, 0.1) is 12.7 Å². The fourth-order valence-corrected chi connectivity index (χ4v) is 3.15. The Morgan fingerprint density at radius 1 is 1.19 bits per heavy atom. The molecule has 0 unspecified atom stereocenters. The van der Waals surface area contributed by atoms with Crippen molar-refractivity contribution in [2.24, 2.45) is 0 Å². The number of nitrogens with one attached hydrogen (secondary N) is 1. The van der Waals surface area contributed by atoms with E-state index in [0.717, 1.165) is 29.9 Å². The smallest absolute Gasteiger partial charge is 0.124 e. The zero-order chi connectivity index (χ0) is 14.9. The Kier molecular flexibility index (Phi) is 7.54. The number of rotatable bonds is 7. The molecule has 1 aromatic rings. The molecule has 1 aromatic carbocycles. The van der Waals surface area contributed by atoms with Crippen LogP contribution in [-0.2, 0) is 11.3 Å². The van der Waals surface area contributed by atoms with Gasteiger partial charge in [-0.25, -0.2) is 0 Å². The van der Waals surface area contributed by atoms with E-state index in [9.17, 15) is 0 Å². The maximum atomic E-state index is 6.29. The minimum atomic E-state index is 0.381. The first-order valence-corrected chi connectivity index (χ1v) is 8.73. The van der Waals surface area contributed by atoms with Crippen molar-refractivity contribution in [1.29, 1.82) is 0 Å². The normalized spacial score (nSPS) is 16.7. The highest BCUT2D eigenvalue weighted by atomic mass is 79.9. The molecule has 118 valence electrons. The number of hydrogen-bond acceptors (Lipinski definition) is 3. The van der Waals surface area contributed by atoms with E-state index in [1.807, 2.05) is 0 Å². The molecule has 1 aliphatic rings. The van der Waals surface area contributed by atoms with Crippen LogP contribution in [0.25, 0.3) is 0 Å². The highest BCUT2D eigenvalue weighted by Crippen LogP contribution is 2.27. The summed E-state index contributed by atoms with van der Waals surface area (Å²) in [5, 5.41) is 3.39. The second kappa shape index (κ2) is 9.44. The molecule has 0 aromatic heterocycles. The van der Waals surface area contributed by atoms with Gasteiger partial charge < -0.3 is 14.8 Å². The first-order chi connectivity index (χ1) is 10.3. The summed E-state index contributed by atoms with van der Waals surface area (Å²) in [5.41, 5.74) is 1.21. The van der Waals surface area contributed by atoms with Gasteiger partial charge in [-0.15, -0.1) is 0 Å². The number of methoxy groups -OCH3 is 1. The van der Waals surface area contributed by atoms with Crippen LogP contribution in [0.3, 0.4) is 0 Å². The average molecular weight is 356 g/mol. The Morgan fingerprint density at radius 2 is 1.95 bits per heavy atom. The molecule has 0 heterocycles. The molecule has 21 heavy (non-hydrogen) atoms. The molecule has 0 amide bonds. The average Bonchev–Trinajstić information content (AvgIpc) is 2.75. The van der Waals surface area contributed by atoms with Gasteiger partial charge in [0.15, 0.2) is 0 Å². The SMILES string of the molecule is COCCNCc1cc(Br)ccc1OC1CCCCCC1. The summed E-state index contributed by atoms with van der Waals surface area (Å²) in [6.45, 7) is 2.39. The molecule has 1 fully saturated rings. The maximum Gasteiger partial charge on any atom is 0.124 e. The molecule has 0 radical (unpaired) electrons. The molecule has 0 atom stereocenters. The van der Waals surface area contributed by atoms with Gasteiger partial charge in [0, 0.05) is 30.2 Å². The maximum absolute atomic E-state index is 6.29. The number of benzene rings is 1. The summed E-state index contributed by atoms with van der Waals surface area (Å²) >= 11 is 3.55. The summed E-state index contributed by atoms with van der Waals surface area (Å²) < 4.78 is 12.4. The number of hydrogen-bond donors (Lipinski definition) is 1. The summed E-state index contributed by atoms with van der Waals surface area (Å²) in [4.78, 5) is 0. The first-order valence-electron chi connectivity index (χ1n) is 7.94. The van der Waals surface area contributed by atoms with E-state index >= 15 is 0 Å². The predicted molar refractivity (Wildman–Crippen MR) is 89.8 cm³/mol. The molecule has 4 heteroatoms. The Labute approximate surface area is 136 Å². The molecule has 0 bridgehead atoms. The Hall–Kier alpha value is -0.580. The van der Waals surface area contributed by atoms with Gasteiger partial charge in [0.2, 0.25) is 0 Å². The van der Waals surface area contributed by atoms with Crippen LogP contribution in [0.4, 0.5) is 0 Å². The van der Waals surface area contributed by atoms with Crippen LogP contribution in [0.15, 0.2) is 22.7 Å². The molecule has 3 nitrogen and oxygen atoms in total. The molecule has 1 N–H and O–H groups in total. The van der Waals surface area contributed by atoms with Crippen molar-refractivity contribution >= 4 is 15.9 Å². The topological polar surface area (TPSA) is 30.5 Å². The fraction of sp³-hybridized carbons (Fsp3) is 0.647. The first kappa shape index (κ1) is 16.8. The highest BCUT2D eigenvalue weighted by Gasteiger charge is 2.15. The van der Waals surface area contributed by atoms with Crippen molar-refractivity contribution < 1.29 is 9.47 Å². The van der Waals surface area contributed by atoms with E-state index in [4.69, 9.17) is 9.47 Å². The lowest BCUT2D eigenvalue weighted by atomic mass is 10.1. The third-order valence-corrected chi connectivity index (χ3v) is 4.41. The molecular formula is C17H26BrNO2. The van der Waals surface area contributed by atoms with Gasteiger partial charge in [-0.3, -0.25) is 0 Å². The highest BCUT2D eigenvalue weighted by molar-refractivity contribution is 9.10. The lowest BCUT2D eigenvalue weighted by Gasteiger charge is -2.20. The van der Waals surface area contributed by atoms with Gasteiger partial charge in [0.25, 0.3) is 0 Å². The molecule has 0 saturated heterocycles. The van der Waals surface area contributed by atoms with Crippen LogP contribution in [0.2, 0.25) is 0 Å². The van der Waals surface area contributed by atoms with E-state index in [-0.39, 0.29) is 0 Å². The van der Waals surface area contributed by atoms with Crippen molar-refractivity contribution in [1.82, 2.24) is 5.32 Å². The van der Waals surface area contributed by atoms with Crippen molar-refractivity contribution in [3.8, 4) is 5.75 Å². The van der Waals surface area contributed by atoms with Crippen LogP contribution in [0.1, 0.15) is 44.1 Å². The fourth-order valence-electron chi connectivity index (χ4n) is 2.74. The van der Waals surface area contributed by atoms with Gasteiger partial charge in [-0.05, 0) is 43.9 Å². The van der Waals surface area contributed by atoms with E-state index in [2.05, 4.69) is 39.4 Å². The van der Waals surface area contributed by atoms with Crippen molar-refractivity contribution in [2.45, 2.75) is 51.2 Å².